The minimum absolute atomic E-state index is 0.127. The quantitative estimate of drug-likeness (QED) is 0.824. The molecule has 0 aromatic heterocycles. The molecule has 1 aliphatic rings. The second-order valence-corrected chi connectivity index (χ2v) is 8.59. The van der Waals surface area contributed by atoms with E-state index in [1.807, 2.05) is 6.07 Å². The third-order valence-electron chi connectivity index (χ3n) is 5.28. The number of hydrogen-bond acceptors (Lipinski definition) is 1. The smallest absolute Gasteiger partial charge is 0.310 e. The maximum Gasteiger partial charge on any atom is 0.310 e. The fourth-order valence-electron chi connectivity index (χ4n) is 3.67. The highest BCUT2D eigenvalue weighted by atomic mass is 16.4. The first-order valence-electron chi connectivity index (χ1n) is 8.42. The van der Waals surface area contributed by atoms with Gasteiger partial charge in [-0.25, -0.2) is 0 Å². The number of rotatable bonds is 4. The summed E-state index contributed by atoms with van der Waals surface area (Å²) in [5, 5.41) is 9.61. The molecule has 2 rings (SSSR count). The Kier molecular flexibility index (Phi) is 4.43. The molecule has 22 heavy (non-hydrogen) atoms. The molecule has 0 fully saturated rings. The molecule has 2 nitrogen and oxygen atoms in total. The fraction of sp³-hybridized carbons (Fsp3) is 0.650. The van der Waals surface area contributed by atoms with E-state index in [0.717, 1.165) is 12.0 Å². The topological polar surface area (TPSA) is 37.3 Å². The minimum atomic E-state index is -0.707. The average molecular weight is 302 g/mol. The van der Waals surface area contributed by atoms with Crippen LogP contribution in [0.4, 0.5) is 0 Å². The molecular formula is C20H30O2. The Labute approximate surface area is 134 Å². The van der Waals surface area contributed by atoms with E-state index < -0.39 is 11.9 Å². The summed E-state index contributed by atoms with van der Waals surface area (Å²) < 4.78 is 0. The van der Waals surface area contributed by atoms with Gasteiger partial charge < -0.3 is 5.11 Å². The monoisotopic (exact) mass is 302 g/mol. The SMILES string of the molecule is CC(C)C[C@H](C(=O)O)c1ccc2c(c1)C(C)(C)CCC2(C)C. The molecule has 1 N–H and O–H groups in total. The van der Waals surface area contributed by atoms with E-state index in [9.17, 15) is 9.90 Å². The van der Waals surface area contributed by atoms with Crippen molar-refractivity contribution in [2.24, 2.45) is 5.92 Å². The largest absolute Gasteiger partial charge is 0.481 e. The number of fused-ring (bicyclic) bond motifs is 1. The summed E-state index contributed by atoms with van der Waals surface area (Å²) in [7, 11) is 0. The van der Waals surface area contributed by atoms with Gasteiger partial charge >= 0.3 is 5.97 Å². The van der Waals surface area contributed by atoms with Crippen LogP contribution < -0.4 is 0 Å². The molecule has 0 radical (unpaired) electrons. The Balaban J connectivity index is 2.51. The molecule has 0 heterocycles. The van der Waals surface area contributed by atoms with E-state index in [-0.39, 0.29) is 10.8 Å². The lowest BCUT2D eigenvalue weighted by Gasteiger charge is -2.42. The molecule has 1 aliphatic carbocycles. The lowest BCUT2D eigenvalue weighted by molar-refractivity contribution is -0.139. The van der Waals surface area contributed by atoms with E-state index in [1.165, 1.54) is 17.5 Å². The molecule has 0 amide bonds. The number of benzene rings is 1. The van der Waals surface area contributed by atoms with Crippen molar-refractivity contribution in [2.45, 2.75) is 77.6 Å². The molecule has 122 valence electrons. The van der Waals surface area contributed by atoms with Gasteiger partial charge in [-0.3, -0.25) is 4.79 Å². The van der Waals surface area contributed by atoms with Gasteiger partial charge in [0.1, 0.15) is 0 Å². The van der Waals surface area contributed by atoms with Crippen molar-refractivity contribution < 1.29 is 9.90 Å². The Morgan fingerprint density at radius 3 is 2.14 bits per heavy atom. The first-order chi connectivity index (χ1) is 10.0. The summed E-state index contributed by atoms with van der Waals surface area (Å²) in [6.45, 7) is 13.3. The summed E-state index contributed by atoms with van der Waals surface area (Å²) in [5.41, 5.74) is 4.00. The van der Waals surface area contributed by atoms with Gasteiger partial charge in [-0.15, -0.1) is 0 Å². The van der Waals surface area contributed by atoms with Crippen LogP contribution in [0.2, 0.25) is 0 Å². The van der Waals surface area contributed by atoms with Gasteiger partial charge in [0.2, 0.25) is 0 Å². The lowest BCUT2D eigenvalue weighted by Crippen LogP contribution is -2.34. The van der Waals surface area contributed by atoms with Crippen LogP contribution in [0.15, 0.2) is 18.2 Å². The van der Waals surface area contributed by atoms with Crippen molar-refractivity contribution in [3.8, 4) is 0 Å². The zero-order valence-electron chi connectivity index (χ0n) is 14.9. The normalized spacial score (nSPS) is 20.5. The van der Waals surface area contributed by atoms with Crippen molar-refractivity contribution in [1.82, 2.24) is 0 Å². The van der Waals surface area contributed by atoms with Crippen LogP contribution >= 0.6 is 0 Å². The predicted molar refractivity (Wildman–Crippen MR) is 91.6 cm³/mol. The molecule has 1 aromatic carbocycles. The molecule has 0 aliphatic heterocycles. The molecule has 0 spiro atoms. The molecule has 0 unspecified atom stereocenters. The van der Waals surface area contributed by atoms with Gasteiger partial charge in [0.25, 0.3) is 0 Å². The second-order valence-electron chi connectivity index (χ2n) is 8.59. The van der Waals surface area contributed by atoms with Gasteiger partial charge in [-0.1, -0.05) is 59.7 Å². The number of carboxylic acid groups (broad SMARTS) is 1. The van der Waals surface area contributed by atoms with E-state index >= 15 is 0 Å². The molecule has 0 bridgehead atoms. The number of carbonyl (C=O) groups is 1. The van der Waals surface area contributed by atoms with Gasteiger partial charge in [-0.05, 0) is 52.7 Å². The van der Waals surface area contributed by atoms with E-state index in [1.54, 1.807) is 0 Å². The van der Waals surface area contributed by atoms with E-state index in [2.05, 4.69) is 53.7 Å². The van der Waals surface area contributed by atoms with E-state index in [4.69, 9.17) is 0 Å². The van der Waals surface area contributed by atoms with Gasteiger partial charge in [0, 0.05) is 0 Å². The molecule has 2 heteroatoms. The summed E-state index contributed by atoms with van der Waals surface area (Å²) in [4.78, 5) is 11.7. The molecule has 0 saturated heterocycles. The third kappa shape index (κ3) is 3.21. The predicted octanol–water partition coefficient (Wildman–Crippen LogP) is 5.25. The summed E-state index contributed by atoms with van der Waals surface area (Å²) in [6, 6.07) is 6.41. The van der Waals surface area contributed by atoms with Crippen LogP contribution in [0.1, 0.15) is 83.4 Å². The van der Waals surface area contributed by atoms with Crippen LogP contribution in [0.3, 0.4) is 0 Å². The van der Waals surface area contributed by atoms with Gasteiger partial charge in [-0.2, -0.15) is 0 Å². The maximum absolute atomic E-state index is 11.7. The second kappa shape index (κ2) is 5.72. The first-order valence-corrected chi connectivity index (χ1v) is 8.42. The van der Waals surface area contributed by atoms with Crippen LogP contribution in [0.25, 0.3) is 0 Å². The maximum atomic E-state index is 11.7. The average Bonchev–Trinajstić information content (AvgIpc) is 2.40. The molecule has 0 saturated carbocycles. The van der Waals surface area contributed by atoms with Crippen molar-refractivity contribution in [3.63, 3.8) is 0 Å². The standard InChI is InChI=1S/C20H30O2/c1-13(2)11-15(18(21)22)14-7-8-16-17(12-14)20(5,6)10-9-19(16,3)4/h7-8,12-13,15H,9-11H2,1-6H3,(H,21,22)/t15-/m0/s1. The zero-order chi connectivity index (χ0) is 16.7. The zero-order valence-corrected chi connectivity index (χ0v) is 14.9. The highest BCUT2D eigenvalue weighted by molar-refractivity contribution is 5.76. The van der Waals surface area contributed by atoms with Gasteiger partial charge in [0.05, 0.1) is 5.92 Å². The minimum Gasteiger partial charge on any atom is -0.481 e. The van der Waals surface area contributed by atoms with Crippen LogP contribution in [0, 0.1) is 5.92 Å². The summed E-state index contributed by atoms with van der Waals surface area (Å²) in [6.07, 6.45) is 3.02. The number of hydrogen-bond donors (Lipinski definition) is 1. The van der Waals surface area contributed by atoms with E-state index in [0.29, 0.717) is 12.3 Å². The van der Waals surface area contributed by atoms with Crippen LogP contribution in [0.5, 0.6) is 0 Å². The Morgan fingerprint density at radius 2 is 1.64 bits per heavy atom. The van der Waals surface area contributed by atoms with Crippen LogP contribution in [-0.2, 0) is 15.6 Å². The molecule has 1 atom stereocenters. The highest BCUT2D eigenvalue weighted by Gasteiger charge is 2.37. The third-order valence-corrected chi connectivity index (χ3v) is 5.28. The van der Waals surface area contributed by atoms with Gasteiger partial charge in [0.15, 0.2) is 0 Å². The van der Waals surface area contributed by atoms with Crippen molar-refractivity contribution in [2.75, 3.05) is 0 Å². The summed E-state index contributed by atoms with van der Waals surface area (Å²) in [5.74, 6) is -0.728. The first kappa shape index (κ1) is 17.1. The van der Waals surface area contributed by atoms with Crippen molar-refractivity contribution in [3.05, 3.63) is 34.9 Å². The fourth-order valence-corrected chi connectivity index (χ4v) is 3.67. The number of aliphatic carboxylic acids is 1. The van der Waals surface area contributed by atoms with Crippen molar-refractivity contribution >= 4 is 5.97 Å². The molecular weight excluding hydrogens is 272 g/mol. The lowest BCUT2D eigenvalue weighted by atomic mass is 9.62. The number of carboxylic acids is 1. The Hall–Kier alpha value is -1.31. The highest BCUT2D eigenvalue weighted by Crippen LogP contribution is 2.46. The van der Waals surface area contributed by atoms with Crippen LogP contribution in [-0.4, -0.2) is 11.1 Å². The molecule has 1 aromatic rings. The van der Waals surface area contributed by atoms with Crippen molar-refractivity contribution in [1.29, 1.82) is 0 Å². The Morgan fingerprint density at radius 1 is 1.09 bits per heavy atom. The Bertz CT molecular complexity index is 567. The summed E-state index contributed by atoms with van der Waals surface area (Å²) >= 11 is 0.